The van der Waals surface area contributed by atoms with Gasteiger partial charge in [0.2, 0.25) is 11.8 Å². The van der Waals surface area contributed by atoms with Crippen LogP contribution in [0, 0.1) is 0 Å². The number of rotatable bonds is 13. The SMILES string of the molecule is COCC(=O)N(CCc1cc(OC)ccc1OC)[C@@H]1C=C(C(=O)NCCO)[C@@H]2c3cc(CO)cc(OC)c3O[C@@H]2[C@H]1O. The molecule has 0 saturated carbocycles. The van der Waals surface area contributed by atoms with Gasteiger partial charge in [-0.3, -0.25) is 9.59 Å². The van der Waals surface area contributed by atoms with Crippen molar-refractivity contribution in [3.8, 4) is 23.0 Å². The van der Waals surface area contributed by atoms with Crippen LogP contribution >= 0.6 is 0 Å². The summed E-state index contributed by atoms with van der Waals surface area (Å²) in [6, 6.07) is 7.74. The molecule has 4 rings (SSSR count). The normalized spacial score (nSPS) is 20.5. The summed E-state index contributed by atoms with van der Waals surface area (Å²) in [5, 5.41) is 33.6. The average Bonchev–Trinajstić information content (AvgIpc) is 3.40. The maximum absolute atomic E-state index is 13.5. The Hall–Kier alpha value is -3.84. The van der Waals surface area contributed by atoms with Crippen LogP contribution in [-0.4, -0.2) is 105 Å². The van der Waals surface area contributed by atoms with E-state index in [0.29, 0.717) is 40.5 Å². The Balaban J connectivity index is 1.77. The molecule has 0 radical (unpaired) electrons. The van der Waals surface area contributed by atoms with E-state index in [9.17, 15) is 24.9 Å². The predicted molar refractivity (Wildman–Crippen MR) is 151 cm³/mol. The molecule has 0 spiro atoms. The summed E-state index contributed by atoms with van der Waals surface area (Å²) in [6.45, 7) is -0.625. The van der Waals surface area contributed by atoms with Crippen LogP contribution in [0.1, 0.15) is 22.6 Å². The quantitative estimate of drug-likeness (QED) is 0.261. The van der Waals surface area contributed by atoms with E-state index in [-0.39, 0.29) is 38.5 Å². The Morgan fingerprint density at radius 3 is 2.43 bits per heavy atom. The van der Waals surface area contributed by atoms with Gasteiger partial charge in [0.15, 0.2) is 11.5 Å². The van der Waals surface area contributed by atoms with Crippen molar-refractivity contribution in [1.82, 2.24) is 10.2 Å². The second kappa shape index (κ2) is 13.9. The van der Waals surface area contributed by atoms with E-state index in [1.807, 2.05) is 6.07 Å². The van der Waals surface area contributed by atoms with Gasteiger partial charge in [0, 0.05) is 31.3 Å². The van der Waals surface area contributed by atoms with Crippen molar-refractivity contribution in [3.63, 3.8) is 0 Å². The first-order valence-corrected chi connectivity index (χ1v) is 13.6. The highest BCUT2D eigenvalue weighted by Crippen LogP contribution is 2.51. The summed E-state index contributed by atoms with van der Waals surface area (Å²) in [7, 11) is 5.97. The topological polar surface area (TPSA) is 156 Å². The Kier molecular flexibility index (Phi) is 10.3. The van der Waals surface area contributed by atoms with Crippen molar-refractivity contribution in [1.29, 1.82) is 0 Å². The van der Waals surface area contributed by atoms with E-state index in [2.05, 4.69) is 5.32 Å². The van der Waals surface area contributed by atoms with Crippen molar-refractivity contribution < 1.29 is 48.6 Å². The minimum atomic E-state index is -1.24. The number of carbonyl (C=O) groups excluding carboxylic acids is 2. The molecule has 228 valence electrons. The van der Waals surface area contributed by atoms with Gasteiger partial charge in [-0.25, -0.2) is 0 Å². The molecule has 2 aliphatic rings. The molecule has 42 heavy (non-hydrogen) atoms. The molecule has 0 fully saturated rings. The van der Waals surface area contributed by atoms with Gasteiger partial charge in [0.05, 0.1) is 46.5 Å². The smallest absolute Gasteiger partial charge is 0.249 e. The van der Waals surface area contributed by atoms with Gasteiger partial charge in [-0.05, 0) is 54.0 Å². The number of hydrogen-bond acceptors (Lipinski definition) is 10. The van der Waals surface area contributed by atoms with Gasteiger partial charge in [0.1, 0.15) is 30.3 Å². The summed E-state index contributed by atoms with van der Waals surface area (Å²) in [5.41, 5.74) is 2.16. The van der Waals surface area contributed by atoms with Crippen molar-refractivity contribution in [2.24, 2.45) is 0 Å². The van der Waals surface area contributed by atoms with Crippen molar-refractivity contribution in [3.05, 3.63) is 58.7 Å². The summed E-state index contributed by atoms with van der Waals surface area (Å²) in [5.74, 6) is 0.335. The molecule has 0 unspecified atom stereocenters. The Labute approximate surface area is 244 Å². The van der Waals surface area contributed by atoms with Gasteiger partial charge in [0.25, 0.3) is 0 Å². The van der Waals surface area contributed by atoms with Crippen LogP contribution < -0.4 is 24.3 Å². The summed E-state index contributed by atoms with van der Waals surface area (Å²) in [4.78, 5) is 28.3. The first-order valence-electron chi connectivity index (χ1n) is 13.6. The fraction of sp³-hybridized carbons (Fsp3) is 0.467. The zero-order valence-corrected chi connectivity index (χ0v) is 24.2. The molecule has 12 heteroatoms. The predicted octanol–water partition coefficient (Wildman–Crippen LogP) is 0.545. The summed E-state index contributed by atoms with van der Waals surface area (Å²) >= 11 is 0. The summed E-state index contributed by atoms with van der Waals surface area (Å²) in [6.07, 6.45) is -0.267. The highest BCUT2D eigenvalue weighted by atomic mass is 16.5. The fourth-order valence-corrected chi connectivity index (χ4v) is 5.58. The standard InChI is InChI=1S/C30H38N2O10/c1-38-16-25(35)32(9-7-18-13-19(39-2)5-6-23(18)40-3)22-14-21(30(37)31-8-10-33)26-20-11-17(15-34)12-24(41-4)28(20)42-29(26)27(22)36/h5-6,11-14,22,26-27,29,33-34,36H,7-10,15-16H2,1-4H3,(H,31,37)/t22-,26+,27+,29+/m1/s1. The molecule has 12 nitrogen and oxygen atoms in total. The van der Waals surface area contributed by atoms with Crippen LogP contribution in [0.3, 0.4) is 0 Å². The van der Waals surface area contributed by atoms with Gasteiger partial charge in [-0.2, -0.15) is 0 Å². The van der Waals surface area contributed by atoms with E-state index < -0.39 is 36.0 Å². The Morgan fingerprint density at radius 2 is 1.79 bits per heavy atom. The molecule has 1 aliphatic carbocycles. The Bertz CT molecular complexity index is 1310. The lowest BCUT2D eigenvalue weighted by atomic mass is 9.77. The third-order valence-electron chi connectivity index (χ3n) is 7.55. The average molecular weight is 587 g/mol. The number of methoxy groups -OCH3 is 4. The number of fused-ring (bicyclic) bond motifs is 3. The van der Waals surface area contributed by atoms with Crippen molar-refractivity contribution in [2.45, 2.75) is 37.2 Å². The van der Waals surface area contributed by atoms with Crippen LogP contribution in [0.15, 0.2) is 42.0 Å². The number of benzene rings is 2. The minimum Gasteiger partial charge on any atom is -0.497 e. The maximum Gasteiger partial charge on any atom is 0.249 e. The third kappa shape index (κ3) is 6.16. The van der Waals surface area contributed by atoms with Crippen LogP contribution in [-0.2, 0) is 27.4 Å². The fourth-order valence-electron chi connectivity index (χ4n) is 5.58. The lowest BCUT2D eigenvalue weighted by molar-refractivity contribution is -0.141. The molecule has 1 aliphatic heterocycles. The van der Waals surface area contributed by atoms with Crippen LogP contribution in [0.25, 0.3) is 0 Å². The monoisotopic (exact) mass is 586 g/mol. The third-order valence-corrected chi connectivity index (χ3v) is 7.55. The number of nitrogens with zero attached hydrogens (tertiary/aromatic N) is 1. The van der Waals surface area contributed by atoms with Crippen molar-refractivity contribution in [2.75, 3.05) is 54.7 Å². The highest BCUT2D eigenvalue weighted by molar-refractivity contribution is 5.96. The molecule has 4 atom stereocenters. The van der Waals surface area contributed by atoms with Gasteiger partial charge >= 0.3 is 0 Å². The van der Waals surface area contributed by atoms with E-state index in [0.717, 1.165) is 5.56 Å². The first-order chi connectivity index (χ1) is 20.3. The number of ether oxygens (including phenoxy) is 5. The zero-order chi connectivity index (χ0) is 30.4. The van der Waals surface area contributed by atoms with E-state index in [4.69, 9.17) is 23.7 Å². The lowest BCUT2D eigenvalue weighted by Gasteiger charge is -2.40. The maximum atomic E-state index is 13.5. The largest absolute Gasteiger partial charge is 0.497 e. The number of carbonyl (C=O) groups is 2. The van der Waals surface area contributed by atoms with Gasteiger partial charge < -0.3 is 49.2 Å². The Morgan fingerprint density at radius 1 is 1.02 bits per heavy atom. The summed E-state index contributed by atoms with van der Waals surface area (Å²) < 4.78 is 27.8. The molecule has 4 N–H and O–H groups in total. The molecule has 2 aromatic rings. The van der Waals surface area contributed by atoms with E-state index in [1.165, 1.54) is 19.1 Å². The zero-order valence-electron chi connectivity index (χ0n) is 24.2. The number of nitrogens with one attached hydrogen (secondary N) is 1. The van der Waals surface area contributed by atoms with Crippen LogP contribution in [0.2, 0.25) is 0 Å². The number of hydrogen-bond donors (Lipinski definition) is 4. The van der Waals surface area contributed by atoms with Gasteiger partial charge in [-0.15, -0.1) is 0 Å². The second-order valence-electron chi connectivity index (χ2n) is 9.97. The highest BCUT2D eigenvalue weighted by Gasteiger charge is 2.51. The minimum absolute atomic E-state index is 0.0104. The molecule has 2 amide bonds. The van der Waals surface area contributed by atoms with Gasteiger partial charge in [-0.1, -0.05) is 0 Å². The molecular weight excluding hydrogens is 548 g/mol. The molecule has 1 heterocycles. The molecule has 0 bridgehead atoms. The van der Waals surface area contributed by atoms with E-state index in [1.54, 1.807) is 44.6 Å². The lowest BCUT2D eigenvalue weighted by Crippen LogP contribution is -2.56. The molecule has 2 aromatic carbocycles. The van der Waals surface area contributed by atoms with Crippen LogP contribution in [0.5, 0.6) is 23.0 Å². The first kappa shape index (κ1) is 31.1. The number of amides is 2. The van der Waals surface area contributed by atoms with Crippen LogP contribution in [0.4, 0.5) is 0 Å². The molecule has 0 aromatic heterocycles. The molecular formula is C30H38N2O10. The van der Waals surface area contributed by atoms with Crippen molar-refractivity contribution >= 4 is 11.8 Å². The van der Waals surface area contributed by atoms with E-state index >= 15 is 0 Å². The number of aliphatic hydroxyl groups is 3. The number of aliphatic hydroxyl groups excluding tert-OH is 3. The molecule has 0 saturated heterocycles. The second-order valence-corrected chi connectivity index (χ2v) is 9.97.